The standard InChI is InChI=1S/C16H21N3O2/c1-4-21-16(20)15(17)9-13-8-11(2)19(12(13)3)14-6-5-7-18-10-14/h5-8,10,15H,4,9,17H2,1-3H3. The number of aromatic nitrogens is 2. The first-order chi connectivity index (χ1) is 10.0. The molecule has 2 rings (SSSR count). The largest absolute Gasteiger partial charge is 0.465 e. The van der Waals surface area contributed by atoms with Gasteiger partial charge in [-0.2, -0.15) is 0 Å². The number of nitrogens with zero attached hydrogens (tertiary/aromatic N) is 2. The molecular formula is C16H21N3O2. The number of hydrogen-bond acceptors (Lipinski definition) is 4. The molecule has 112 valence electrons. The number of aryl methyl sites for hydroxylation is 1. The molecule has 2 heterocycles. The molecule has 0 aliphatic rings. The Kier molecular flexibility index (Phi) is 4.75. The van der Waals surface area contributed by atoms with E-state index in [2.05, 4.69) is 15.6 Å². The lowest BCUT2D eigenvalue weighted by Crippen LogP contribution is -2.34. The molecule has 0 spiro atoms. The topological polar surface area (TPSA) is 70.1 Å². The summed E-state index contributed by atoms with van der Waals surface area (Å²) < 4.78 is 7.07. The van der Waals surface area contributed by atoms with Crippen LogP contribution < -0.4 is 5.73 Å². The molecule has 0 amide bonds. The maximum absolute atomic E-state index is 11.7. The zero-order valence-electron chi connectivity index (χ0n) is 12.7. The van der Waals surface area contributed by atoms with E-state index in [1.165, 1.54) is 0 Å². The van der Waals surface area contributed by atoms with E-state index < -0.39 is 6.04 Å². The van der Waals surface area contributed by atoms with Gasteiger partial charge < -0.3 is 15.0 Å². The third-order valence-corrected chi connectivity index (χ3v) is 3.47. The summed E-state index contributed by atoms with van der Waals surface area (Å²) in [5, 5.41) is 0. The number of esters is 1. The number of pyridine rings is 1. The minimum atomic E-state index is -0.632. The van der Waals surface area contributed by atoms with Crippen LogP contribution in [0.25, 0.3) is 5.69 Å². The van der Waals surface area contributed by atoms with Crippen LogP contribution >= 0.6 is 0 Å². The smallest absolute Gasteiger partial charge is 0.323 e. The number of ether oxygens (including phenoxy) is 1. The summed E-state index contributed by atoms with van der Waals surface area (Å²) >= 11 is 0. The number of nitrogens with two attached hydrogens (primary N) is 1. The van der Waals surface area contributed by atoms with Crippen LogP contribution in [0, 0.1) is 13.8 Å². The molecule has 0 saturated heterocycles. The molecule has 5 heteroatoms. The number of hydrogen-bond donors (Lipinski definition) is 1. The van der Waals surface area contributed by atoms with Crippen LogP contribution in [0.1, 0.15) is 23.9 Å². The Bertz CT molecular complexity index is 620. The third-order valence-electron chi connectivity index (χ3n) is 3.47. The summed E-state index contributed by atoms with van der Waals surface area (Å²) in [6, 6.07) is 5.33. The van der Waals surface area contributed by atoms with Crippen molar-refractivity contribution in [3.63, 3.8) is 0 Å². The van der Waals surface area contributed by atoms with Crippen molar-refractivity contribution in [2.24, 2.45) is 5.73 Å². The van der Waals surface area contributed by atoms with Gasteiger partial charge in [-0.15, -0.1) is 0 Å². The van der Waals surface area contributed by atoms with Crippen molar-refractivity contribution >= 4 is 5.97 Å². The molecule has 0 aromatic carbocycles. The van der Waals surface area contributed by atoms with Gasteiger partial charge in [-0.05, 0) is 44.5 Å². The van der Waals surface area contributed by atoms with E-state index in [1.807, 2.05) is 32.2 Å². The summed E-state index contributed by atoms with van der Waals surface area (Å²) in [5.74, 6) is -0.358. The van der Waals surface area contributed by atoms with E-state index in [0.29, 0.717) is 13.0 Å². The number of carbonyl (C=O) groups excluding carboxylic acids is 1. The molecule has 0 bridgehead atoms. The third kappa shape index (κ3) is 3.31. The van der Waals surface area contributed by atoms with Crippen LogP contribution in [0.3, 0.4) is 0 Å². The van der Waals surface area contributed by atoms with Crippen molar-refractivity contribution in [3.05, 3.63) is 47.5 Å². The molecule has 0 saturated carbocycles. The Morgan fingerprint density at radius 2 is 2.24 bits per heavy atom. The minimum absolute atomic E-state index is 0.348. The maximum Gasteiger partial charge on any atom is 0.323 e. The van der Waals surface area contributed by atoms with Crippen molar-refractivity contribution in [1.29, 1.82) is 0 Å². The van der Waals surface area contributed by atoms with Crippen molar-refractivity contribution in [2.45, 2.75) is 33.2 Å². The summed E-state index contributed by atoms with van der Waals surface area (Å²) in [6.07, 6.45) is 4.03. The molecule has 0 aliphatic heterocycles. The SMILES string of the molecule is CCOC(=O)C(N)Cc1cc(C)n(-c2cccnc2)c1C. The molecule has 2 aromatic rings. The Hall–Kier alpha value is -2.14. The molecule has 1 unspecified atom stereocenters. The lowest BCUT2D eigenvalue weighted by atomic mass is 10.1. The highest BCUT2D eigenvalue weighted by Crippen LogP contribution is 2.21. The predicted octanol–water partition coefficient (Wildman–Crippen LogP) is 1.92. The van der Waals surface area contributed by atoms with E-state index >= 15 is 0 Å². The quantitative estimate of drug-likeness (QED) is 0.853. The van der Waals surface area contributed by atoms with E-state index in [9.17, 15) is 4.79 Å². The summed E-state index contributed by atoms with van der Waals surface area (Å²) in [4.78, 5) is 15.8. The van der Waals surface area contributed by atoms with Crippen molar-refractivity contribution in [1.82, 2.24) is 9.55 Å². The van der Waals surface area contributed by atoms with E-state index in [1.54, 1.807) is 13.1 Å². The maximum atomic E-state index is 11.7. The number of rotatable bonds is 5. The fourth-order valence-electron chi connectivity index (χ4n) is 2.49. The van der Waals surface area contributed by atoms with E-state index in [4.69, 9.17) is 10.5 Å². The Balaban J connectivity index is 2.26. The van der Waals surface area contributed by atoms with Crippen LogP contribution in [-0.4, -0.2) is 28.2 Å². The molecule has 0 fully saturated rings. The van der Waals surface area contributed by atoms with Crippen LogP contribution in [-0.2, 0) is 16.0 Å². The average Bonchev–Trinajstić information content (AvgIpc) is 2.74. The first kappa shape index (κ1) is 15.3. The van der Waals surface area contributed by atoms with Crippen LogP contribution in [0.4, 0.5) is 0 Å². The highest BCUT2D eigenvalue weighted by Gasteiger charge is 2.19. The van der Waals surface area contributed by atoms with Gasteiger partial charge in [0.05, 0.1) is 18.5 Å². The molecule has 5 nitrogen and oxygen atoms in total. The van der Waals surface area contributed by atoms with Gasteiger partial charge in [0.1, 0.15) is 6.04 Å². The zero-order valence-corrected chi connectivity index (χ0v) is 12.7. The normalized spacial score (nSPS) is 12.2. The van der Waals surface area contributed by atoms with Gasteiger partial charge in [0.2, 0.25) is 0 Å². The second kappa shape index (κ2) is 6.54. The first-order valence-electron chi connectivity index (χ1n) is 7.05. The van der Waals surface area contributed by atoms with Gasteiger partial charge in [-0.25, -0.2) is 0 Å². The molecule has 21 heavy (non-hydrogen) atoms. The van der Waals surface area contributed by atoms with Crippen LogP contribution in [0.5, 0.6) is 0 Å². The Labute approximate surface area is 124 Å². The predicted molar refractivity (Wildman–Crippen MR) is 81.4 cm³/mol. The minimum Gasteiger partial charge on any atom is -0.465 e. The van der Waals surface area contributed by atoms with Gasteiger partial charge in [-0.1, -0.05) is 0 Å². The second-order valence-electron chi connectivity index (χ2n) is 5.01. The summed E-state index contributed by atoms with van der Waals surface area (Å²) in [6.45, 7) is 6.17. The van der Waals surface area contributed by atoms with Crippen molar-refractivity contribution < 1.29 is 9.53 Å². The molecule has 2 N–H and O–H groups in total. The van der Waals surface area contributed by atoms with Crippen molar-refractivity contribution in [3.8, 4) is 5.69 Å². The molecule has 0 aliphatic carbocycles. The molecule has 2 aromatic heterocycles. The molecule has 1 atom stereocenters. The van der Waals surface area contributed by atoms with Gasteiger partial charge >= 0.3 is 5.97 Å². The Morgan fingerprint density at radius 1 is 1.48 bits per heavy atom. The summed E-state index contributed by atoms with van der Waals surface area (Å²) in [5.41, 5.74) is 10.1. The Morgan fingerprint density at radius 3 is 2.86 bits per heavy atom. The van der Waals surface area contributed by atoms with Gasteiger partial charge in [0.25, 0.3) is 0 Å². The lowest BCUT2D eigenvalue weighted by Gasteiger charge is -2.12. The second-order valence-corrected chi connectivity index (χ2v) is 5.01. The van der Waals surface area contributed by atoms with Crippen LogP contribution in [0.2, 0.25) is 0 Å². The highest BCUT2D eigenvalue weighted by atomic mass is 16.5. The van der Waals surface area contributed by atoms with Crippen LogP contribution in [0.15, 0.2) is 30.6 Å². The highest BCUT2D eigenvalue weighted by molar-refractivity contribution is 5.76. The number of carbonyl (C=O) groups is 1. The molecule has 0 radical (unpaired) electrons. The average molecular weight is 287 g/mol. The van der Waals surface area contributed by atoms with E-state index in [-0.39, 0.29) is 5.97 Å². The fraction of sp³-hybridized carbons (Fsp3) is 0.375. The lowest BCUT2D eigenvalue weighted by molar-refractivity contribution is -0.144. The summed E-state index contributed by atoms with van der Waals surface area (Å²) in [7, 11) is 0. The van der Waals surface area contributed by atoms with Gasteiger partial charge in [0.15, 0.2) is 0 Å². The van der Waals surface area contributed by atoms with Crippen molar-refractivity contribution in [2.75, 3.05) is 6.61 Å². The zero-order chi connectivity index (χ0) is 15.4. The fourth-order valence-corrected chi connectivity index (χ4v) is 2.49. The monoisotopic (exact) mass is 287 g/mol. The first-order valence-corrected chi connectivity index (χ1v) is 7.05. The molecular weight excluding hydrogens is 266 g/mol. The van der Waals surface area contributed by atoms with E-state index in [0.717, 1.165) is 22.6 Å². The van der Waals surface area contributed by atoms with Gasteiger partial charge in [-0.3, -0.25) is 9.78 Å². The van der Waals surface area contributed by atoms with Gasteiger partial charge in [0, 0.05) is 24.0 Å².